The fourth-order valence-electron chi connectivity index (χ4n) is 0. The Morgan fingerprint density at radius 3 is 1.57 bits per heavy atom. The molecule has 0 aromatic rings. The Labute approximate surface area is 41.6 Å². The minimum atomic E-state index is -4.38. The monoisotopic (exact) mass is 130 g/mol. The molecule has 7 heavy (non-hydrogen) atoms. The molecular formula is C2H5F3OSi. The highest BCUT2D eigenvalue weighted by molar-refractivity contribution is 6.11. The predicted molar refractivity (Wildman–Crippen MR) is 22.0 cm³/mol. The van der Waals surface area contributed by atoms with E-state index in [2.05, 4.69) is 0 Å². The van der Waals surface area contributed by atoms with E-state index in [4.69, 9.17) is 5.11 Å². The van der Waals surface area contributed by atoms with Crippen LogP contribution in [0.2, 0.25) is 0 Å². The topological polar surface area (TPSA) is 20.2 Å². The van der Waals surface area contributed by atoms with Gasteiger partial charge in [-0.25, -0.2) is 0 Å². The zero-order chi connectivity index (χ0) is 6.08. The van der Waals surface area contributed by atoms with E-state index in [0.29, 0.717) is 0 Å². The predicted octanol–water partition coefficient (Wildman–Crippen LogP) is -0.767. The summed E-state index contributed by atoms with van der Waals surface area (Å²) in [7, 11) is -0.242. The van der Waals surface area contributed by atoms with Crippen LogP contribution in [0.3, 0.4) is 0 Å². The van der Waals surface area contributed by atoms with Gasteiger partial charge < -0.3 is 5.11 Å². The molecule has 0 aromatic carbocycles. The van der Waals surface area contributed by atoms with E-state index in [1.165, 1.54) is 0 Å². The molecule has 5 heteroatoms. The number of alkyl halides is 3. The van der Waals surface area contributed by atoms with Crippen LogP contribution in [0.5, 0.6) is 0 Å². The first-order valence-electron chi connectivity index (χ1n) is 1.69. The summed E-state index contributed by atoms with van der Waals surface area (Å²) in [4.78, 5) is 0. The fourth-order valence-corrected chi connectivity index (χ4v) is 0. The van der Waals surface area contributed by atoms with Crippen molar-refractivity contribution in [2.45, 2.75) is 11.9 Å². The summed E-state index contributed by atoms with van der Waals surface area (Å²) in [5, 5.41) is 7.83. The van der Waals surface area contributed by atoms with Gasteiger partial charge in [0.1, 0.15) is 5.73 Å². The standard InChI is InChI=1S/C2H5F3OSi/c3-2(4,5)1(6)7/h1,6H,7H3. The van der Waals surface area contributed by atoms with Gasteiger partial charge >= 0.3 is 6.18 Å². The second-order valence-corrected chi connectivity index (χ2v) is 2.31. The van der Waals surface area contributed by atoms with E-state index < -0.39 is 11.9 Å². The molecule has 44 valence electrons. The second kappa shape index (κ2) is 1.83. The summed E-state index contributed by atoms with van der Waals surface area (Å²) in [6.45, 7) is 0. The molecule has 0 saturated heterocycles. The molecule has 0 fully saturated rings. The van der Waals surface area contributed by atoms with Crippen LogP contribution in [0.1, 0.15) is 0 Å². The summed E-state index contributed by atoms with van der Waals surface area (Å²) in [6.07, 6.45) is -4.38. The second-order valence-electron chi connectivity index (χ2n) is 1.22. The lowest BCUT2D eigenvalue weighted by molar-refractivity contribution is -0.176. The van der Waals surface area contributed by atoms with Crippen LogP contribution in [0.4, 0.5) is 13.2 Å². The highest BCUT2D eigenvalue weighted by Gasteiger charge is 2.33. The molecule has 0 aliphatic heterocycles. The Balaban J connectivity index is 3.54. The molecule has 1 atom stereocenters. The van der Waals surface area contributed by atoms with Gasteiger partial charge in [-0.05, 0) is 0 Å². The molecule has 0 spiro atoms. The van der Waals surface area contributed by atoms with Crippen molar-refractivity contribution in [3.05, 3.63) is 0 Å². The lowest BCUT2D eigenvalue weighted by atomic mass is 10.7. The van der Waals surface area contributed by atoms with Gasteiger partial charge in [-0.1, -0.05) is 0 Å². The SMILES string of the molecule is OC([SiH3])C(F)(F)F. The van der Waals surface area contributed by atoms with Crippen LogP contribution in [-0.4, -0.2) is 27.3 Å². The molecule has 0 aromatic heterocycles. The van der Waals surface area contributed by atoms with Gasteiger partial charge in [0.2, 0.25) is 0 Å². The summed E-state index contributed by atoms with van der Waals surface area (Å²) >= 11 is 0. The largest absolute Gasteiger partial charge is 0.410 e. The minimum absolute atomic E-state index is 0.242. The Kier molecular flexibility index (Phi) is 1.82. The quantitative estimate of drug-likeness (QED) is 0.427. The average molecular weight is 130 g/mol. The third-order valence-electron chi connectivity index (χ3n) is 0.474. The van der Waals surface area contributed by atoms with Crippen LogP contribution < -0.4 is 0 Å². The molecule has 0 aliphatic rings. The zero-order valence-corrected chi connectivity index (χ0v) is 5.66. The maximum absolute atomic E-state index is 11.0. The smallest absolute Gasteiger partial charge is 0.388 e. The normalized spacial score (nSPS) is 17.1. The third-order valence-corrected chi connectivity index (χ3v) is 1.13. The fraction of sp³-hybridized carbons (Fsp3) is 1.00. The first-order chi connectivity index (χ1) is 2.94. The van der Waals surface area contributed by atoms with Gasteiger partial charge in [0.25, 0.3) is 0 Å². The van der Waals surface area contributed by atoms with Crippen molar-refractivity contribution >= 4 is 10.2 Å². The lowest BCUT2D eigenvalue weighted by Gasteiger charge is -2.06. The number of halogens is 3. The molecule has 1 nitrogen and oxygen atoms in total. The van der Waals surface area contributed by atoms with Crippen LogP contribution in [-0.2, 0) is 0 Å². The van der Waals surface area contributed by atoms with E-state index in [1.54, 1.807) is 0 Å². The number of rotatable bonds is 0. The minimum Gasteiger partial charge on any atom is -0.388 e. The molecule has 0 bridgehead atoms. The molecule has 0 aliphatic carbocycles. The van der Waals surface area contributed by atoms with E-state index >= 15 is 0 Å². The first-order valence-corrected chi connectivity index (χ1v) is 2.85. The third kappa shape index (κ3) is 2.64. The van der Waals surface area contributed by atoms with Crippen LogP contribution in [0, 0.1) is 0 Å². The van der Waals surface area contributed by atoms with E-state index in [-0.39, 0.29) is 10.2 Å². The first kappa shape index (κ1) is 6.97. The summed E-state index contributed by atoms with van der Waals surface area (Å²) in [5.74, 6) is 0. The molecule has 1 unspecified atom stereocenters. The number of aliphatic hydroxyl groups excluding tert-OH is 1. The van der Waals surface area contributed by atoms with Gasteiger partial charge in [0, 0.05) is 0 Å². The molecular weight excluding hydrogens is 125 g/mol. The van der Waals surface area contributed by atoms with E-state index in [0.717, 1.165) is 0 Å². The highest BCUT2D eigenvalue weighted by atomic mass is 28.1. The maximum Gasteiger partial charge on any atom is 0.410 e. The van der Waals surface area contributed by atoms with Crippen LogP contribution >= 0.6 is 0 Å². The van der Waals surface area contributed by atoms with Crippen molar-refractivity contribution < 1.29 is 18.3 Å². The Bertz CT molecular complexity index is 58.4. The van der Waals surface area contributed by atoms with Gasteiger partial charge in [0.05, 0.1) is 10.2 Å². The summed E-state index contributed by atoms with van der Waals surface area (Å²) in [5.41, 5.74) is -2.06. The Morgan fingerprint density at radius 1 is 1.43 bits per heavy atom. The number of aliphatic hydroxyl groups is 1. The number of hydrogen-bond acceptors (Lipinski definition) is 1. The molecule has 0 rings (SSSR count). The zero-order valence-electron chi connectivity index (χ0n) is 3.66. The van der Waals surface area contributed by atoms with Gasteiger partial charge in [-0.3, -0.25) is 0 Å². The van der Waals surface area contributed by atoms with Gasteiger partial charge in [-0.15, -0.1) is 0 Å². The summed E-state index contributed by atoms with van der Waals surface area (Å²) in [6, 6.07) is 0. The van der Waals surface area contributed by atoms with E-state index in [1.807, 2.05) is 0 Å². The number of hydrogen-bond donors (Lipinski definition) is 1. The molecule has 0 saturated carbocycles. The molecule has 0 radical (unpaired) electrons. The highest BCUT2D eigenvalue weighted by Crippen LogP contribution is 2.16. The van der Waals surface area contributed by atoms with Gasteiger partial charge in [0.15, 0.2) is 0 Å². The van der Waals surface area contributed by atoms with Crippen molar-refractivity contribution in [2.75, 3.05) is 0 Å². The summed E-state index contributed by atoms with van der Waals surface area (Å²) < 4.78 is 32.9. The average Bonchev–Trinajstić information content (AvgIpc) is 1.31. The molecule has 1 N–H and O–H groups in total. The van der Waals surface area contributed by atoms with Crippen LogP contribution in [0.15, 0.2) is 0 Å². The van der Waals surface area contributed by atoms with Crippen molar-refractivity contribution in [3.8, 4) is 0 Å². The van der Waals surface area contributed by atoms with E-state index in [9.17, 15) is 13.2 Å². The van der Waals surface area contributed by atoms with Crippen molar-refractivity contribution in [1.29, 1.82) is 0 Å². The van der Waals surface area contributed by atoms with Crippen LogP contribution in [0.25, 0.3) is 0 Å². The maximum atomic E-state index is 11.0. The molecule has 0 heterocycles. The van der Waals surface area contributed by atoms with Gasteiger partial charge in [-0.2, -0.15) is 13.2 Å². The Hall–Kier alpha value is -0.0331. The molecule has 0 amide bonds. The Morgan fingerprint density at radius 2 is 1.57 bits per heavy atom. The lowest BCUT2D eigenvalue weighted by Crippen LogP contribution is -2.28. The van der Waals surface area contributed by atoms with Crippen molar-refractivity contribution in [3.63, 3.8) is 0 Å². The van der Waals surface area contributed by atoms with Crippen molar-refractivity contribution in [2.24, 2.45) is 0 Å². The van der Waals surface area contributed by atoms with Crippen molar-refractivity contribution in [1.82, 2.24) is 0 Å².